The maximum Gasteiger partial charge on any atom is 0.326 e. The van der Waals surface area contributed by atoms with E-state index in [0.717, 1.165) is 19.3 Å². The molecular weight excluding hydrogens is 208 g/mol. The van der Waals surface area contributed by atoms with Crippen molar-refractivity contribution in [1.82, 2.24) is 4.90 Å². The smallest absolute Gasteiger partial charge is 0.326 e. The van der Waals surface area contributed by atoms with Crippen molar-refractivity contribution >= 4 is 11.9 Å². The Kier molecular flexibility index (Phi) is 2.66. The molecule has 2 atom stereocenters. The second kappa shape index (κ2) is 3.73. The quantitative estimate of drug-likeness (QED) is 0.712. The Morgan fingerprint density at radius 2 is 2.12 bits per heavy atom. The van der Waals surface area contributed by atoms with Gasteiger partial charge < -0.3 is 15.7 Å². The minimum Gasteiger partial charge on any atom is -0.480 e. The molecule has 1 saturated carbocycles. The summed E-state index contributed by atoms with van der Waals surface area (Å²) in [4.78, 5) is 24.9. The number of aliphatic carboxylic acids is 1. The number of carboxylic acid groups (broad SMARTS) is 1. The van der Waals surface area contributed by atoms with Gasteiger partial charge in [0.2, 0.25) is 5.91 Å². The highest BCUT2D eigenvalue weighted by Gasteiger charge is 2.54. The van der Waals surface area contributed by atoms with E-state index in [1.807, 2.05) is 6.92 Å². The fraction of sp³-hybridized carbons (Fsp3) is 0.818. The van der Waals surface area contributed by atoms with Gasteiger partial charge in [0.15, 0.2) is 0 Å². The van der Waals surface area contributed by atoms with Gasteiger partial charge in [-0.3, -0.25) is 4.79 Å². The van der Waals surface area contributed by atoms with E-state index in [4.69, 9.17) is 10.8 Å². The van der Waals surface area contributed by atoms with Crippen LogP contribution in [-0.2, 0) is 9.59 Å². The molecule has 0 bridgehead atoms. The molecule has 1 saturated heterocycles. The van der Waals surface area contributed by atoms with E-state index < -0.39 is 17.4 Å². The molecule has 3 N–H and O–H groups in total. The monoisotopic (exact) mass is 226 g/mol. The predicted molar refractivity (Wildman–Crippen MR) is 57.6 cm³/mol. The zero-order chi connectivity index (χ0) is 11.9. The first-order chi connectivity index (χ1) is 7.52. The van der Waals surface area contributed by atoms with E-state index in [2.05, 4.69) is 0 Å². The second-order valence-electron chi connectivity index (χ2n) is 5.03. The molecule has 2 rings (SSSR count). The zero-order valence-electron chi connectivity index (χ0n) is 9.48. The van der Waals surface area contributed by atoms with E-state index in [1.54, 1.807) is 0 Å². The highest BCUT2D eigenvalue weighted by atomic mass is 16.4. The summed E-state index contributed by atoms with van der Waals surface area (Å²) in [6.07, 6.45) is 2.38. The van der Waals surface area contributed by atoms with Crippen LogP contribution in [0.1, 0.15) is 26.2 Å². The largest absolute Gasteiger partial charge is 0.480 e. The van der Waals surface area contributed by atoms with Gasteiger partial charge in [-0.15, -0.1) is 0 Å². The van der Waals surface area contributed by atoms with Gasteiger partial charge in [0, 0.05) is 13.1 Å². The highest BCUT2D eigenvalue weighted by molar-refractivity contribution is 5.90. The fourth-order valence-corrected chi connectivity index (χ4v) is 2.51. The lowest BCUT2D eigenvalue weighted by Gasteiger charge is -2.27. The van der Waals surface area contributed by atoms with Gasteiger partial charge in [-0.05, 0) is 25.2 Å². The number of amides is 1. The summed E-state index contributed by atoms with van der Waals surface area (Å²) in [6, 6.07) is -0.656. The number of carboxylic acids is 1. The normalized spacial score (nSPS) is 31.5. The summed E-state index contributed by atoms with van der Waals surface area (Å²) in [5, 5.41) is 9.14. The van der Waals surface area contributed by atoms with Crippen molar-refractivity contribution in [1.29, 1.82) is 0 Å². The predicted octanol–water partition coefficient (Wildman–Crippen LogP) is 0.0469. The number of nitrogens with two attached hydrogens (primary N) is 1. The SMILES string of the molecule is CC1CCN(C(=O)C2(CN)CC2)C1C(=O)O. The Morgan fingerprint density at radius 1 is 1.50 bits per heavy atom. The van der Waals surface area contributed by atoms with Crippen LogP contribution in [0, 0.1) is 11.3 Å². The van der Waals surface area contributed by atoms with E-state index >= 15 is 0 Å². The zero-order valence-corrected chi connectivity index (χ0v) is 9.48. The van der Waals surface area contributed by atoms with Gasteiger partial charge in [-0.2, -0.15) is 0 Å². The molecule has 5 nitrogen and oxygen atoms in total. The van der Waals surface area contributed by atoms with Crippen LogP contribution in [-0.4, -0.2) is 41.0 Å². The van der Waals surface area contributed by atoms with Crippen molar-refractivity contribution in [3.63, 3.8) is 0 Å². The fourth-order valence-electron chi connectivity index (χ4n) is 2.51. The van der Waals surface area contributed by atoms with Gasteiger partial charge in [0.25, 0.3) is 0 Å². The lowest BCUT2D eigenvalue weighted by molar-refractivity contribution is -0.151. The third kappa shape index (κ3) is 1.59. The van der Waals surface area contributed by atoms with Crippen LogP contribution in [0.15, 0.2) is 0 Å². The van der Waals surface area contributed by atoms with Gasteiger partial charge >= 0.3 is 5.97 Å². The van der Waals surface area contributed by atoms with Crippen LogP contribution in [0.2, 0.25) is 0 Å². The molecule has 90 valence electrons. The first-order valence-electron chi connectivity index (χ1n) is 5.76. The molecule has 2 unspecified atom stereocenters. The van der Waals surface area contributed by atoms with Crippen LogP contribution in [0.3, 0.4) is 0 Å². The average molecular weight is 226 g/mol. The Morgan fingerprint density at radius 3 is 2.56 bits per heavy atom. The van der Waals surface area contributed by atoms with Crippen LogP contribution >= 0.6 is 0 Å². The van der Waals surface area contributed by atoms with Crippen LogP contribution in [0.4, 0.5) is 0 Å². The number of carbonyl (C=O) groups excluding carboxylic acids is 1. The first kappa shape index (κ1) is 11.4. The van der Waals surface area contributed by atoms with Crippen LogP contribution in [0.5, 0.6) is 0 Å². The number of hydrogen-bond acceptors (Lipinski definition) is 3. The molecule has 5 heteroatoms. The molecule has 1 amide bonds. The minimum absolute atomic E-state index is 0.0371. The lowest BCUT2D eigenvalue weighted by atomic mass is 10.0. The molecule has 1 aliphatic heterocycles. The minimum atomic E-state index is -0.897. The Bertz CT molecular complexity index is 325. The van der Waals surface area contributed by atoms with Crippen LogP contribution < -0.4 is 5.73 Å². The third-order valence-corrected chi connectivity index (χ3v) is 3.91. The number of likely N-dealkylation sites (tertiary alicyclic amines) is 1. The Balaban J connectivity index is 2.15. The molecule has 16 heavy (non-hydrogen) atoms. The summed E-state index contributed by atoms with van der Waals surface area (Å²) in [5.41, 5.74) is 5.17. The van der Waals surface area contributed by atoms with Crippen molar-refractivity contribution in [3.05, 3.63) is 0 Å². The van der Waals surface area contributed by atoms with Crippen molar-refractivity contribution in [2.75, 3.05) is 13.1 Å². The summed E-state index contributed by atoms with van der Waals surface area (Å²) in [6.45, 7) is 2.77. The number of carbonyl (C=O) groups is 2. The summed E-state index contributed by atoms with van der Waals surface area (Å²) < 4.78 is 0. The molecule has 1 heterocycles. The molecular formula is C11H18N2O3. The van der Waals surface area contributed by atoms with Crippen LogP contribution in [0.25, 0.3) is 0 Å². The maximum atomic E-state index is 12.2. The Hall–Kier alpha value is -1.10. The van der Waals surface area contributed by atoms with Crippen molar-refractivity contribution in [2.45, 2.75) is 32.2 Å². The van der Waals surface area contributed by atoms with E-state index in [9.17, 15) is 9.59 Å². The summed E-state index contributed by atoms with van der Waals surface area (Å²) in [7, 11) is 0. The van der Waals surface area contributed by atoms with Crippen molar-refractivity contribution < 1.29 is 14.7 Å². The van der Waals surface area contributed by atoms with Gasteiger partial charge in [-0.25, -0.2) is 4.79 Å². The van der Waals surface area contributed by atoms with Gasteiger partial charge in [-0.1, -0.05) is 6.92 Å². The standard InChI is InChI=1S/C11H18N2O3/c1-7-2-5-13(8(7)9(14)15)10(16)11(6-12)3-4-11/h7-8H,2-6,12H2,1H3,(H,14,15). The van der Waals surface area contributed by atoms with E-state index in [0.29, 0.717) is 13.1 Å². The van der Waals surface area contributed by atoms with E-state index in [-0.39, 0.29) is 11.8 Å². The topological polar surface area (TPSA) is 83.6 Å². The first-order valence-corrected chi connectivity index (χ1v) is 5.76. The number of rotatable bonds is 3. The third-order valence-electron chi connectivity index (χ3n) is 3.91. The molecule has 0 aromatic rings. The average Bonchev–Trinajstić information content (AvgIpc) is 2.95. The summed E-state index contributed by atoms with van der Waals surface area (Å²) in [5.74, 6) is -0.909. The highest BCUT2D eigenvalue weighted by Crippen LogP contribution is 2.47. The van der Waals surface area contributed by atoms with Gasteiger partial charge in [0.05, 0.1) is 5.41 Å². The molecule has 0 spiro atoms. The molecule has 2 aliphatic rings. The second-order valence-corrected chi connectivity index (χ2v) is 5.03. The molecule has 1 aliphatic carbocycles. The van der Waals surface area contributed by atoms with Crippen molar-refractivity contribution in [2.24, 2.45) is 17.1 Å². The molecule has 2 fully saturated rings. The molecule has 0 aromatic carbocycles. The van der Waals surface area contributed by atoms with Gasteiger partial charge in [0.1, 0.15) is 6.04 Å². The number of nitrogens with zero attached hydrogens (tertiary/aromatic N) is 1. The Labute approximate surface area is 94.6 Å². The molecule has 0 aromatic heterocycles. The summed E-state index contributed by atoms with van der Waals surface area (Å²) >= 11 is 0. The van der Waals surface area contributed by atoms with Crippen molar-refractivity contribution in [3.8, 4) is 0 Å². The van der Waals surface area contributed by atoms with E-state index in [1.165, 1.54) is 4.90 Å². The maximum absolute atomic E-state index is 12.2. The number of hydrogen-bond donors (Lipinski definition) is 2. The lowest BCUT2D eigenvalue weighted by Crippen LogP contribution is -2.47. The molecule has 0 radical (unpaired) electrons.